The summed E-state index contributed by atoms with van der Waals surface area (Å²) in [5.41, 5.74) is 4.19. The van der Waals surface area contributed by atoms with E-state index in [9.17, 15) is 18.3 Å². The third-order valence-corrected chi connectivity index (χ3v) is 7.01. The number of nitrogens with zero attached hydrogens (tertiary/aromatic N) is 2. The van der Waals surface area contributed by atoms with Gasteiger partial charge in [0.15, 0.2) is 11.5 Å². The van der Waals surface area contributed by atoms with Gasteiger partial charge in [-0.25, -0.2) is 13.8 Å². The molecule has 0 saturated heterocycles. The third kappa shape index (κ3) is 6.36. The van der Waals surface area contributed by atoms with Crippen molar-refractivity contribution in [3.8, 4) is 11.5 Å². The zero-order chi connectivity index (χ0) is 24.7. The van der Waals surface area contributed by atoms with Crippen LogP contribution in [0.15, 0.2) is 81.2 Å². The Labute approximate surface area is 207 Å². The van der Waals surface area contributed by atoms with Gasteiger partial charge in [-0.15, -0.1) is 0 Å². The van der Waals surface area contributed by atoms with Crippen molar-refractivity contribution in [3.05, 3.63) is 82.3 Å². The second kappa shape index (κ2) is 11.2. The van der Waals surface area contributed by atoms with Gasteiger partial charge >= 0.3 is 0 Å². The molecule has 0 atom stereocenters. The molecule has 34 heavy (non-hydrogen) atoms. The van der Waals surface area contributed by atoms with Gasteiger partial charge in [0.1, 0.15) is 6.54 Å². The van der Waals surface area contributed by atoms with E-state index >= 15 is 0 Å². The quantitative estimate of drug-likeness (QED) is 0.309. The van der Waals surface area contributed by atoms with Gasteiger partial charge < -0.3 is 9.84 Å². The van der Waals surface area contributed by atoms with Crippen molar-refractivity contribution in [2.45, 2.75) is 18.7 Å². The molecule has 0 aliphatic carbocycles. The Hall–Kier alpha value is -3.37. The molecule has 3 aromatic carbocycles. The zero-order valence-electron chi connectivity index (χ0n) is 18.6. The summed E-state index contributed by atoms with van der Waals surface area (Å²) >= 11 is 3.33. The topological polar surface area (TPSA) is 108 Å². The zero-order valence-corrected chi connectivity index (χ0v) is 21.0. The number of halogens is 1. The number of phenols is 1. The first-order valence-electron chi connectivity index (χ1n) is 10.3. The fourth-order valence-corrected chi connectivity index (χ4v) is 4.67. The lowest BCUT2D eigenvalue weighted by molar-refractivity contribution is -0.119. The highest BCUT2D eigenvalue weighted by atomic mass is 79.9. The lowest BCUT2D eigenvalue weighted by Gasteiger charge is -2.23. The number of nitrogens with one attached hydrogen (secondary N) is 1. The minimum Gasteiger partial charge on any atom is -0.504 e. The molecule has 0 saturated carbocycles. The van der Waals surface area contributed by atoms with Crippen molar-refractivity contribution < 1.29 is 23.1 Å². The maximum absolute atomic E-state index is 13.3. The van der Waals surface area contributed by atoms with Crippen LogP contribution in [0.2, 0.25) is 0 Å². The molecule has 178 valence electrons. The number of amides is 1. The van der Waals surface area contributed by atoms with Crippen LogP contribution in [0.3, 0.4) is 0 Å². The number of carbonyl (C=O) groups is 1. The Morgan fingerprint density at radius 3 is 2.44 bits per heavy atom. The largest absolute Gasteiger partial charge is 0.504 e. The van der Waals surface area contributed by atoms with Crippen LogP contribution in [0.25, 0.3) is 0 Å². The highest BCUT2D eigenvalue weighted by Crippen LogP contribution is 2.27. The number of aromatic hydroxyl groups is 1. The van der Waals surface area contributed by atoms with E-state index in [0.717, 1.165) is 14.3 Å². The molecule has 0 aromatic heterocycles. The second-order valence-corrected chi connectivity index (χ2v) is 10.0. The molecule has 8 nitrogen and oxygen atoms in total. The van der Waals surface area contributed by atoms with Crippen LogP contribution >= 0.6 is 15.9 Å². The molecule has 0 radical (unpaired) electrons. The van der Waals surface area contributed by atoms with Crippen molar-refractivity contribution in [2.24, 2.45) is 5.10 Å². The summed E-state index contributed by atoms with van der Waals surface area (Å²) in [5, 5.41) is 13.7. The van der Waals surface area contributed by atoms with Crippen molar-refractivity contribution in [1.29, 1.82) is 0 Å². The fraction of sp³-hybridized carbons (Fsp3) is 0.167. The number of anilines is 1. The molecule has 0 bridgehead atoms. The number of phenolic OH excluding ortho intramolecular Hbond substituents is 1. The monoisotopic (exact) mass is 545 g/mol. The molecular weight excluding hydrogens is 522 g/mol. The van der Waals surface area contributed by atoms with Gasteiger partial charge in [-0.1, -0.05) is 33.6 Å². The number of rotatable bonds is 9. The van der Waals surface area contributed by atoms with Crippen LogP contribution in [0.1, 0.15) is 18.1 Å². The third-order valence-electron chi connectivity index (χ3n) is 4.70. The first-order chi connectivity index (χ1) is 16.2. The minimum absolute atomic E-state index is 0.00510. The van der Waals surface area contributed by atoms with Gasteiger partial charge in [0.05, 0.1) is 23.4 Å². The number of benzene rings is 3. The van der Waals surface area contributed by atoms with E-state index < -0.39 is 22.5 Å². The molecule has 2 N–H and O–H groups in total. The average molecular weight is 546 g/mol. The number of hydrogen-bond acceptors (Lipinski definition) is 6. The summed E-state index contributed by atoms with van der Waals surface area (Å²) in [5.74, 6) is -0.337. The van der Waals surface area contributed by atoms with Crippen LogP contribution in [0.5, 0.6) is 11.5 Å². The first-order valence-corrected chi connectivity index (χ1v) is 12.6. The number of aryl methyl sites for hydroxylation is 1. The summed E-state index contributed by atoms with van der Waals surface area (Å²) in [6, 6.07) is 17.7. The van der Waals surface area contributed by atoms with Crippen LogP contribution in [-0.2, 0) is 14.8 Å². The maximum atomic E-state index is 13.3. The number of hydrazone groups is 1. The predicted molar refractivity (Wildman–Crippen MR) is 135 cm³/mol. The van der Waals surface area contributed by atoms with Gasteiger partial charge in [-0.05, 0) is 74.0 Å². The number of sulfonamides is 1. The summed E-state index contributed by atoms with van der Waals surface area (Å²) in [6.45, 7) is 3.56. The Kier molecular flexibility index (Phi) is 8.30. The van der Waals surface area contributed by atoms with E-state index in [1.165, 1.54) is 24.4 Å². The highest BCUT2D eigenvalue weighted by molar-refractivity contribution is 9.10. The van der Waals surface area contributed by atoms with Crippen molar-refractivity contribution in [2.75, 3.05) is 17.5 Å². The minimum atomic E-state index is -4.01. The predicted octanol–water partition coefficient (Wildman–Crippen LogP) is 4.21. The van der Waals surface area contributed by atoms with Gasteiger partial charge in [0.25, 0.3) is 15.9 Å². The molecular formula is C24H24BrN3O5S. The van der Waals surface area contributed by atoms with Crippen LogP contribution < -0.4 is 14.5 Å². The Morgan fingerprint density at radius 1 is 1.12 bits per heavy atom. The van der Waals surface area contributed by atoms with Crippen molar-refractivity contribution in [3.63, 3.8) is 0 Å². The van der Waals surface area contributed by atoms with Crippen LogP contribution in [-0.4, -0.2) is 38.8 Å². The van der Waals surface area contributed by atoms with Crippen molar-refractivity contribution in [1.82, 2.24) is 5.43 Å². The number of carbonyl (C=O) groups excluding carboxylic acids is 1. The molecule has 0 heterocycles. The summed E-state index contributed by atoms with van der Waals surface area (Å²) < 4.78 is 33.8. The Bertz CT molecular complexity index is 1280. The lowest BCUT2D eigenvalue weighted by atomic mass is 10.2. The Balaban J connectivity index is 1.80. The molecule has 10 heteroatoms. The molecule has 0 unspecified atom stereocenters. The van der Waals surface area contributed by atoms with E-state index in [0.29, 0.717) is 23.6 Å². The van der Waals surface area contributed by atoms with Crippen LogP contribution in [0.4, 0.5) is 5.69 Å². The number of hydrogen-bond donors (Lipinski definition) is 2. The molecule has 1 amide bonds. The molecule has 0 fully saturated rings. The van der Waals surface area contributed by atoms with E-state index in [-0.39, 0.29) is 10.6 Å². The van der Waals surface area contributed by atoms with E-state index in [2.05, 4.69) is 26.5 Å². The molecule has 3 aromatic rings. The van der Waals surface area contributed by atoms with Crippen molar-refractivity contribution >= 4 is 43.8 Å². The fourth-order valence-electron chi connectivity index (χ4n) is 2.99. The molecule has 0 spiro atoms. The van der Waals surface area contributed by atoms with E-state index in [1.807, 2.05) is 6.92 Å². The van der Waals surface area contributed by atoms with E-state index in [4.69, 9.17) is 4.74 Å². The second-order valence-electron chi connectivity index (χ2n) is 7.25. The summed E-state index contributed by atoms with van der Waals surface area (Å²) in [6.07, 6.45) is 1.37. The number of ether oxygens (including phenoxy) is 1. The standard InChI is InChI=1S/C24H24BrN3O5S/c1-3-33-23-14-18(6-13-22(23)29)15-26-27-24(30)16-28(20-9-7-19(25)8-10-20)34(31,32)21-11-4-17(2)5-12-21/h4-15,29H,3,16H2,1-2H3,(H,27,30)/b26-15-. The van der Waals surface area contributed by atoms with Gasteiger partial charge in [-0.3, -0.25) is 9.10 Å². The maximum Gasteiger partial charge on any atom is 0.264 e. The van der Waals surface area contributed by atoms with Crippen LogP contribution in [0, 0.1) is 6.92 Å². The molecule has 3 rings (SSSR count). The Morgan fingerprint density at radius 2 is 1.79 bits per heavy atom. The first kappa shape index (κ1) is 25.3. The summed E-state index contributed by atoms with van der Waals surface area (Å²) in [7, 11) is -4.01. The normalized spacial score (nSPS) is 11.4. The average Bonchev–Trinajstić information content (AvgIpc) is 2.80. The molecule has 0 aliphatic heterocycles. The van der Waals surface area contributed by atoms with Gasteiger partial charge in [-0.2, -0.15) is 5.10 Å². The van der Waals surface area contributed by atoms with Gasteiger partial charge in [0, 0.05) is 4.47 Å². The molecule has 0 aliphatic rings. The summed E-state index contributed by atoms with van der Waals surface area (Å²) in [4.78, 5) is 12.7. The van der Waals surface area contributed by atoms with E-state index in [1.54, 1.807) is 55.5 Å². The lowest BCUT2D eigenvalue weighted by Crippen LogP contribution is -2.39. The SMILES string of the molecule is CCOc1cc(/C=N\NC(=O)CN(c2ccc(Br)cc2)S(=O)(=O)c2ccc(C)cc2)ccc1O. The highest BCUT2D eigenvalue weighted by Gasteiger charge is 2.27. The smallest absolute Gasteiger partial charge is 0.264 e. The van der Waals surface area contributed by atoms with Gasteiger partial charge in [0.2, 0.25) is 0 Å².